The molecule has 0 radical (unpaired) electrons. The highest BCUT2D eigenvalue weighted by Crippen LogP contribution is 2.27. The number of piperazine rings is 1. The molecular formula is C21H20ClN5. The van der Waals surface area contributed by atoms with Crippen LogP contribution in [0.5, 0.6) is 0 Å². The highest BCUT2D eigenvalue weighted by molar-refractivity contribution is 6.31. The molecule has 1 aliphatic heterocycles. The Hall–Kier alpha value is -2.68. The smallest absolute Gasteiger partial charge is 0.130 e. The van der Waals surface area contributed by atoms with Gasteiger partial charge in [-0.2, -0.15) is 5.26 Å². The Morgan fingerprint density at radius 2 is 1.96 bits per heavy atom. The van der Waals surface area contributed by atoms with Gasteiger partial charge < -0.3 is 4.90 Å². The second-order valence-corrected chi connectivity index (χ2v) is 7.22. The molecule has 27 heavy (non-hydrogen) atoms. The minimum atomic E-state index is 0.335. The first-order chi connectivity index (χ1) is 13.2. The third kappa shape index (κ3) is 3.59. The number of anilines is 1. The highest BCUT2D eigenvalue weighted by atomic mass is 35.5. The van der Waals surface area contributed by atoms with Gasteiger partial charge in [-0.3, -0.25) is 9.88 Å². The third-order valence-corrected chi connectivity index (χ3v) is 5.47. The fraction of sp³-hybridized carbons (Fsp3) is 0.286. The molecule has 6 heteroatoms. The minimum absolute atomic E-state index is 0.335. The molecule has 0 spiro atoms. The van der Waals surface area contributed by atoms with Crippen molar-refractivity contribution in [3.05, 3.63) is 64.9 Å². The molecule has 136 valence electrons. The topological polar surface area (TPSA) is 56.1 Å². The molecule has 3 heterocycles. The van der Waals surface area contributed by atoms with Gasteiger partial charge in [-0.25, -0.2) is 4.98 Å². The van der Waals surface area contributed by atoms with E-state index in [1.165, 1.54) is 5.56 Å². The van der Waals surface area contributed by atoms with Crippen LogP contribution in [0.25, 0.3) is 10.9 Å². The average molecular weight is 378 g/mol. The van der Waals surface area contributed by atoms with E-state index >= 15 is 0 Å². The number of benzene rings is 1. The molecule has 3 aromatic rings. The zero-order valence-electron chi connectivity index (χ0n) is 15.1. The van der Waals surface area contributed by atoms with Crippen LogP contribution in [0.15, 0.2) is 48.8 Å². The number of nitrogens with zero attached hydrogens (tertiary/aromatic N) is 5. The molecule has 5 nitrogen and oxygen atoms in total. The van der Waals surface area contributed by atoms with Crippen LogP contribution in [0.2, 0.25) is 5.02 Å². The second kappa shape index (κ2) is 7.51. The van der Waals surface area contributed by atoms with Gasteiger partial charge in [0, 0.05) is 55.0 Å². The molecule has 1 aliphatic rings. The van der Waals surface area contributed by atoms with Crippen molar-refractivity contribution in [3.63, 3.8) is 0 Å². The van der Waals surface area contributed by atoms with E-state index in [1.807, 2.05) is 30.5 Å². The molecule has 1 atom stereocenters. The summed E-state index contributed by atoms with van der Waals surface area (Å²) in [6.07, 6.45) is 3.74. The number of hydrogen-bond donors (Lipinski definition) is 0. The van der Waals surface area contributed by atoms with Gasteiger partial charge in [0.25, 0.3) is 0 Å². The normalized spacial score (nSPS) is 16.3. The molecule has 2 aromatic heterocycles. The van der Waals surface area contributed by atoms with Gasteiger partial charge in [-0.15, -0.1) is 0 Å². The van der Waals surface area contributed by atoms with E-state index < -0.39 is 0 Å². The van der Waals surface area contributed by atoms with Crippen molar-refractivity contribution in [1.82, 2.24) is 14.9 Å². The molecular weight excluding hydrogens is 358 g/mol. The number of nitriles is 1. The number of hydrogen-bond acceptors (Lipinski definition) is 5. The van der Waals surface area contributed by atoms with Crippen LogP contribution in [-0.2, 0) is 0 Å². The Balaban J connectivity index is 1.53. The lowest BCUT2D eigenvalue weighted by molar-refractivity contribution is 0.198. The van der Waals surface area contributed by atoms with Gasteiger partial charge >= 0.3 is 0 Å². The second-order valence-electron chi connectivity index (χ2n) is 6.79. The fourth-order valence-corrected chi connectivity index (χ4v) is 3.78. The van der Waals surface area contributed by atoms with Crippen LogP contribution >= 0.6 is 11.6 Å². The van der Waals surface area contributed by atoms with E-state index in [1.54, 1.807) is 12.3 Å². The lowest BCUT2D eigenvalue weighted by Crippen LogP contribution is -2.47. The van der Waals surface area contributed by atoms with E-state index in [2.05, 4.69) is 33.8 Å². The summed E-state index contributed by atoms with van der Waals surface area (Å²) in [5, 5.41) is 11.0. The Labute approximate surface area is 163 Å². The molecule has 0 bridgehead atoms. The lowest BCUT2D eigenvalue weighted by atomic mass is 10.1. The lowest BCUT2D eigenvalue weighted by Gasteiger charge is -2.38. The number of fused-ring (bicyclic) bond motifs is 1. The monoisotopic (exact) mass is 377 g/mol. The van der Waals surface area contributed by atoms with Crippen molar-refractivity contribution >= 4 is 28.3 Å². The van der Waals surface area contributed by atoms with Crippen LogP contribution in [-0.4, -0.2) is 41.0 Å². The summed E-state index contributed by atoms with van der Waals surface area (Å²) < 4.78 is 0. The van der Waals surface area contributed by atoms with Crippen molar-refractivity contribution in [2.75, 3.05) is 31.1 Å². The van der Waals surface area contributed by atoms with Crippen molar-refractivity contribution in [1.29, 1.82) is 5.26 Å². The van der Waals surface area contributed by atoms with Gasteiger partial charge in [-0.1, -0.05) is 17.7 Å². The summed E-state index contributed by atoms with van der Waals surface area (Å²) in [4.78, 5) is 13.7. The average Bonchev–Trinajstić information content (AvgIpc) is 2.73. The minimum Gasteiger partial charge on any atom is -0.354 e. The van der Waals surface area contributed by atoms with Crippen LogP contribution in [0.4, 0.5) is 5.82 Å². The number of pyridine rings is 2. The summed E-state index contributed by atoms with van der Waals surface area (Å²) in [5.74, 6) is 0.857. The summed E-state index contributed by atoms with van der Waals surface area (Å²) in [7, 11) is 0. The van der Waals surface area contributed by atoms with Gasteiger partial charge in [0.15, 0.2) is 0 Å². The van der Waals surface area contributed by atoms with Gasteiger partial charge in [0.1, 0.15) is 5.82 Å². The first kappa shape index (κ1) is 17.7. The maximum Gasteiger partial charge on any atom is 0.130 e. The number of halogens is 1. The number of rotatable bonds is 3. The Bertz CT molecular complexity index is 991. The van der Waals surface area contributed by atoms with Crippen molar-refractivity contribution < 1.29 is 0 Å². The summed E-state index contributed by atoms with van der Waals surface area (Å²) >= 11 is 6.07. The zero-order chi connectivity index (χ0) is 18.8. The molecule has 0 aliphatic carbocycles. The van der Waals surface area contributed by atoms with E-state index in [9.17, 15) is 5.26 Å². The maximum absolute atomic E-state index is 9.54. The predicted octanol–water partition coefficient (Wildman–Crippen LogP) is 4.04. The Morgan fingerprint density at radius 3 is 2.67 bits per heavy atom. The fourth-order valence-electron chi connectivity index (χ4n) is 3.61. The van der Waals surface area contributed by atoms with Crippen molar-refractivity contribution in [2.45, 2.75) is 13.0 Å². The summed E-state index contributed by atoms with van der Waals surface area (Å²) in [5.41, 5.74) is 2.65. The van der Waals surface area contributed by atoms with Crippen LogP contribution in [0, 0.1) is 11.3 Å². The summed E-state index contributed by atoms with van der Waals surface area (Å²) in [6.45, 7) is 5.86. The molecule has 1 aromatic carbocycles. The van der Waals surface area contributed by atoms with Crippen molar-refractivity contribution in [2.24, 2.45) is 0 Å². The molecule has 0 N–H and O–H groups in total. The van der Waals surface area contributed by atoms with Gasteiger partial charge in [0.05, 0.1) is 17.1 Å². The van der Waals surface area contributed by atoms with E-state index in [-0.39, 0.29) is 0 Å². The van der Waals surface area contributed by atoms with E-state index in [0.29, 0.717) is 16.6 Å². The highest BCUT2D eigenvalue weighted by Gasteiger charge is 2.23. The Morgan fingerprint density at radius 1 is 1.15 bits per heavy atom. The maximum atomic E-state index is 9.54. The quantitative estimate of drug-likeness (QED) is 0.689. The van der Waals surface area contributed by atoms with Crippen LogP contribution in [0.1, 0.15) is 24.1 Å². The van der Waals surface area contributed by atoms with Crippen molar-refractivity contribution in [3.8, 4) is 6.07 Å². The first-order valence-corrected chi connectivity index (χ1v) is 9.43. The molecule has 4 rings (SSSR count). The molecule has 0 amide bonds. The predicted molar refractivity (Wildman–Crippen MR) is 108 cm³/mol. The summed E-state index contributed by atoms with van der Waals surface area (Å²) in [6, 6.07) is 14.1. The molecule has 0 saturated carbocycles. The zero-order valence-corrected chi connectivity index (χ0v) is 15.9. The van der Waals surface area contributed by atoms with Gasteiger partial charge in [-0.05, 0) is 42.8 Å². The number of aromatic nitrogens is 2. The third-order valence-electron chi connectivity index (χ3n) is 5.23. The largest absolute Gasteiger partial charge is 0.354 e. The molecule has 1 saturated heterocycles. The standard InChI is InChI=1S/C21H20ClN5/c1-15(16-3-2-6-24-14-16)26-7-9-27(10-8-26)21-11-17(13-23)19-12-18(22)4-5-20(19)25-21/h2-6,11-12,14-15H,7-10H2,1H3. The first-order valence-electron chi connectivity index (χ1n) is 9.05. The molecule has 1 fully saturated rings. The SMILES string of the molecule is CC(c1cccnc1)N1CCN(c2cc(C#N)c3cc(Cl)ccc3n2)CC1. The van der Waals surface area contributed by atoms with Crippen LogP contribution < -0.4 is 4.90 Å². The van der Waals surface area contributed by atoms with E-state index in [4.69, 9.17) is 16.6 Å². The van der Waals surface area contributed by atoms with Crippen LogP contribution in [0.3, 0.4) is 0 Å². The van der Waals surface area contributed by atoms with Gasteiger partial charge in [0.2, 0.25) is 0 Å². The van der Waals surface area contributed by atoms with E-state index in [0.717, 1.165) is 42.9 Å². The Kier molecular flexibility index (Phi) is 4.93. The molecule has 1 unspecified atom stereocenters.